The van der Waals surface area contributed by atoms with Gasteiger partial charge in [0.25, 0.3) is 0 Å². The van der Waals surface area contributed by atoms with Crippen LogP contribution in [0, 0.1) is 5.82 Å². The quantitative estimate of drug-likeness (QED) is 0.771. The molecule has 1 amide bonds. The number of aliphatic hydroxyl groups is 1. The number of carbonyl (C=O) groups excluding carboxylic acids is 1. The highest BCUT2D eigenvalue weighted by Crippen LogP contribution is 2.29. The first-order valence-corrected chi connectivity index (χ1v) is 8.20. The highest BCUT2D eigenvalue weighted by Gasteiger charge is 2.23. The molecule has 1 heterocycles. The summed E-state index contributed by atoms with van der Waals surface area (Å²) in [5.74, 6) is -0.564. The van der Waals surface area contributed by atoms with E-state index in [0.717, 1.165) is 24.3 Å². The van der Waals surface area contributed by atoms with Gasteiger partial charge in [-0.3, -0.25) is 4.79 Å². The van der Waals surface area contributed by atoms with Crippen LogP contribution in [-0.4, -0.2) is 36.2 Å². The van der Waals surface area contributed by atoms with Crippen LogP contribution in [0.5, 0.6) is 0 Å². The van der Waals surface area contributed by atoms with Crippen molar-refractivity contribution < 1.29 is 14.3 Å². The molecule has 1 fully saturated rings. The van der Waals surface area contributed by atoms with Gasteiger partial charge in [-0.15, -0.1) is 0 Å². The Hall–Kier alpha value is -1.66. The molecule has 0 radical (unpaired) electrons. The molecule has 23 heavy (non-hydrogen) atoms. The van der Waals surface area contributed by atoms with Crippen LogP contribution >= 0.6 is 0 Å². The van der Waals surface area contributed by atoms with Crippen LogP contribution in [0.1, 0.15) is 44.7 Å². The van der Waals surface area contributed by atoms with Crippen LogP contribution in [-0.2, 0) is 4.79 Å². The molecule has 5 nitrogen and oxygen atoms in total. The zero-order chi connectivity index (χ0) is 17.0. The summed E-state index contributed by atoms with van der Waals surface area (Å²) in [7, 11) is 0. The molecular weight excluding hydrogens is 297 g/mol. The number of nitrogens with two attached hydrogens (primary N) is 1. The van der Waals surface area contributed by atoms with Gasteiger partial charge < -0.3 is 21.1 Å². The van der Waals surface area contributed by atoms with E-state index in [1.54, 1.807) is 6.07 Å². The molecule has 1 aromatic carbocycles. The van der Waals surface area contributed by atoms with Crippen LogP contribution in [0.25, 0.3) is 0 Å². The molecule has 1 aliphatic rings. The van der Waals surface area contributed by atoms with Crippen LogP contribution < -0.4 is 16.0 Å². The minimum absolute atomic E-state index is 0.232. The second kappa shape index (κ2) is 7.75. The SMILES string of the molecule is CC[C@@H](N)C(=O)N[C@H](C)c1cc(F)ccc1N1CCC(O)CC1. The van der Waals surface area contributed by atoms with E-state index in [9.17, 15) is 14.3 Å². The maximum atomic E-state index is 13.7. The van der Waals surface area contributed by atoms with E-state index in [1.165, 1.54) is 12.1 Å². The lowest BCUT2D eigenvalue weighted by molar-refractivity contribution is -0.123. The van der Waals surface area contributed by atoms with Gasteiger partial charge in [0, 0.05) is 24.3 Å². The van der Waals surface area contributed by atoms with E-state index in [1.807, 2.05) is 13.8 Å². The van der Waals surface area contributed by atoms with Gasteiger partial charge in [-0.2, -0.15) is 0 Å². The lowest BCUT2D eigenvalue weighted by atomic mass is 10.0. The molecule has 0 spiro atoms. The Balaban J connectivity index is 2.19. The van der Waals surface area contributed by atoms with Crippen molar-refractivity contribution in [2.24, 2.45) is 5.73 Å². The Morgan fingerprint density at radius 1 is 1.48 bits per heavy atom. The molecule has 6 heteroatoms. The first-order valence-electron chi connectivity index (χ1n) is 8.20. The number of piperidine rings is 1. The fourth-order valence-corrected chi connectivity index (χ4v) is 2.85. The Morgan fingerprint density at radius 2 is 2.13 bits per heavy atom. The normalized spacial score (nSPS) is 18.6. The van der Waals surface area contributed by atoms with E-state index in [2.05, 4.69) is 10.2 Å². The third-order valence-electron chi connectivity index (χ3n) is 4.40. The lowest BCUT2D eigenvalue weighted by Crippen LogP contribution is -2.42. The summed E-state index contributed by atoms with van der Waals surface area (Å²) in [5, 5.41) is 12.5. The van der Waals surface area contributed by atoms with E-state index < -0.39 is 6.04 Å². The molecular formula is C17H26FN3O2. The molecule has 0 aliphatic carbocycles. The Bertz CT molecular complexity index is 545. The van der Waals surface area contributed by atoms with Crippen LogP contribution in [0.2, 0.25) is 0 Å². The van der Waals surface area contributed by atoms with Gasteiger partial charge in [0.1, 0.15) is 5.82 Å². The van der Waals surface area contributed by atoms with Crippen molar-refractivity contribution in [2.75, 3.05) is 18.0 Å². The maximum Gasteiger partial charge on any atom is 0.237 e. The van der Waals surface area contributed by atoms with E-state index >= 15 is 0 Å². The third-order valence-corrected chi connectivity index (χ3v) is 4.40. The van der Waals surface area contributed by atoms with E-state index in [4.69, 9.17) is 5.73 Å². The van der Waals surface area contributed by atoms with Gasteiger partial charge in [0.15, 0.2) is 0 Å². The number of halogens is 1. The summed E-state index contributed by atoms with van der Waals surface area (Å²) in [5.41, 5.74) is 7.38. The monoisotopic (exact) mass is 323 g/mol. The van der Waals surface area contributed by atoms with Crippen molar-refractivity contribution >= 4 is 11.6 Å². The minimum atomic E-state index is -0.556. The van der Waals surface area contributed by atoms with Gasteiger partial charge in [-0.1, -0.05) is 6.92 Å². The Kier molecular flexibility index (Phi) is 5.96. The predicted octanol–water partition coefficient (Wildman–Crippen LogP) is 1.70. The largest absolute Gasteiger partial charge is 0.393 e. The van der Waals surface area contributed by atoms with Gasteiger partial charge >= 0.3 is 0 Å². The standard InChI is InChI=1S/C17H26FN3O2/c1-3-15(19)17(23)20-11(2)14-10-12(18)4-5-16(14)21-8-6-13(22)7-9-21/h4-5,10-11,13,15,22H,3,6-9,19H2,1-2H3,(H,20,23)/t11-,15-/m1/s1. The number of amides is 1. The summed E-state index contributed by atoms with van der Waals surface area (Å²) in [6.07, 6.45) is 1.67. The van der Waals surface area contributed by atoms with Crippen molar-refractivity contribution in [3.05, 3.63) is 29.6 Å². The highest BCUT2D eigenvalue weighted by molar-refractivity contribution is 5.82. The fraction of sp³-hybridized carbons (Fsp3) is 0.588. The number of hydrogen-bond donors (Lipinski definition) is 3. The molecule has 0 saturated carbocycles. The van der Waals surface area contributed by atoms with Crippen molar-refractivity contribution in [3.63, 3.8) is 0 Å². The molecule has 128 valence electrons. The van der Waals surface area contributed by atoms with Crippen molar-refractivity contribution in [2.45, 2.75) is 51.3 Å². The molecule has 0 aromatic heterocycles. The van der Waals surface area contributed by atoms with Crippen molar-refractivity contribution in [3.8, 4) is 0 Å². The minimum Gasteiger partial charge on any atom is -0.393 e. The van der Waals surface area contributed by atoms with Crippen LogP contribution in [0.15, 0.2) is 18.2 Å². The zero-order valence-corrected chi connectivity index (χ0v) is 13.8. The van der Waals surface area contributed by atoms with Crippen molar-refractivity contribution in [1.82, 2.24) is 5.32 Å². The number of aliphatic hydroxyl groups excluding tert-OH is 1. The average Bonchev–Trinajstić information content (AvgIpc) is 2.54. The maximum absolute atomic E-state index is 13.7. The number of nitrogens with one attached hydrogen (secondary N) is 1. The second-order valence-corrected chi connectivity index (χ2v) is 6.17. The first-order chi connectivity index (χ1) is 10.9. The predicted molar refractivity (Wildman–Crippen MR) is 88.7 cm³/mol. The van der Waals surface area contributed by atoms with E-state index in [-0.39, 0.29) is 23.9 Å². The summed E-state index contributed by atoms with van der Waals surface area (Å²) >= 11 is 0. The third kappa shape index (κ3) is 4.42. The molecule has 0 unspecified atom stereocenters. The molecule has 1 aromatic rings. The van der Waals surface area contributed by atoms with Gasteiger partial charge in [0.05, 0.1) is 18.2 Å². The van der Waals surface area contributed by atoms with E-state index in [0.29, 0.717) is 19.3 Å². The van der Waals surface area contributed by atoms with Crippen LogP contribution in [0.3, 0.4) is 0 Å². The van der Waals surface area contributed by atoms with Crippen LogP contribution in [0.4, 0.5) is 10.1 Å². The van der Waals surface area contributed by atoms with Gasteiger partial charge in [-0.05, 0) is 44.4 Å². The summed E-state index contributed by atoms with van der Waals surface area (Å²) < 4.78 is 13.7. The molecule has 1 aliphatic heterocycles. The summed E-state index contributed by atoms with van der Waals surface area (Å²) in [4.78, 5) is 14.1. The van der Waals surface area contributed by atoms with Crippen molar-refractivity contribution in [1.29, 1.82) is 0 Å². The number of anilines is 1. The van der Waals surface area contributed by atoms with Gasteiger partial charge in [0.2, 0.25) is 5.91 Å². The molecule has 2 rings (SSSR count). The summed E-state index contributed by atoms with van der Waals surface area (Å²) in [6.45, 7) is 5.11. The topological polar surface area (TPSA) is 78.6 Å². The molecule has 0 bridgehead atoms. The smallest absolute Gasteiger partial charge is 0.237 e. The number of benzene rings is 1. The number of hydrogen-bond acceptors (Lipinski definition) is 4. The first kappa shape index (κ1) is 17.7. The highest BCUT2D eigenvalue weighted by atomic mass is 19.1. The second-order valence-electron chi connectivity index (χ2n) is 6.17. The lowest BCUT2D eigenvalue weighted by Gasteiger charge is -2.34. The number of nitrogens with zero attached hydrogens (tertiary/aromatic N) is 1. The van der Waals surface area contributed by atoms with Gasteiger partial charge in [-0.25, -0.2) is 4.39 Å². The Morgan fingerprint density at radius 3 is 2.74 bits per heavy atom. The molecule has 4 N–H and O–H groups in total. The Labute approximate surface area is 136 Å². The number of carbonyl (C=O) groups is 1. The molecule has 2 atom stereocenters. The number of rotatable bonds is 5. The molecule has 1 saturated heterocycles. The average molecular weight is 323 g/mol. The summed E-state index contributed by atoms with van der Waals surface area (Å²) in [6, 6.07) is 3.74. The zero-order valence-electron chi connectivity index (χ0n) is 13.8. The fourth-order valence-electron chi connectivity index (χ4n) is 2.85.